The highest BCUT2D eigenvalue weighted by Gasteiger charge is 2.42. The first-order valence-electron chi connectivity index (χ1n) is 11.2. The molecule has 168 valence electrons. The van der Waals surface area contributed by atoms with E-state index < -0.39 is 0 Å². The number of thiophene rings is 1. The van der Waals surface area contributed by atoms with Crippen molar-refractivity contribution in [3.05, 3.63) is 92.8 Å². The third-order valence-corrected chi connectivity index (χ3v) is 7.02. The van der Waals surface area contributed by atoms with Crippen LogP contribution in [-0.2, 0) is 22.6 Å². The minimum absolute atomic E-state index is 0.216. The largest absolute Gasteiger partial charge is 0.492 e. The Labute approximate surface area is 197 Å². The highest BCUT2D eigenvalue weighted by Crippen LogP contribution is 2.36. The van der Waals surface area contributed by atoms with Gasteiger partial charge in [-0.3, -0.25) is 14.5 Å². The number of amides is 2. The Morgan fingerprint density at radius 2 is 1.70 bits per heavy atom. The number of rotatable bonds is 6. The molecule has 6 heteroatoms. The van der Waals surface area contributed by atoms with Gasteiger partial charge in [0.15, 0.2) is 0 Å². The minimum atomic E-state index is -0.236. The molecule has 2 aromatic carbocycles. The van der Waals surface area contributed by atoms with Crippen LogP contribution in [0.4, 0.5) is 0 Å². The van der Waals surface area contributed by atoms with Crippen LogP contribution < -0.4 is 4.74 Å². The topological polar surface area (TPSA) is 49.9 Å². The Kier molecular flexibility index (Phi) is 5.77. The van der Waals surface area contributed by atoms with E-state index in [-0.39, 0.29) is 25.0 Å². The molecule has 2 aliphatic rings. The van der Waals surface area contributed by atoms with E-state index in [2.05, 4.69) is 23.1 Å². The first-order chi connectivity index (χ1) is 16.0. The molecule has 33 heavy (non-hydrogen) atoms. The number of hydrogen-bond donors (Lipinski definition) is 0. The van der Waals surface area contributed by atoms with Crippen molar-refractivity contribution in [2.24, 2.45) is 0 Å². The molecule has 5 nitrogen and oxygen atoms in total. The van der Waals surface area contributed by atoms with Gasteiger partial charge in [-0.2, -0.15) is 0 Å². The zero-order valence-electron chi connectivity index (χ0n) is 18.8. The Hall–Kier alpha value is -3.38. The van der Waals surface area contributed by atoms with E-state index in [9.17, 15) is 9.59 Å². The summed E-state index contributed by atoms with van der Waals surface area (Å²) in [6.07, 6.45) is 0.856. The summed E-state index contributed by atoms with van der Waals surface area (Å²) >= 11 is 1.49. The van der Waals surface area contributed by atoms with Crippen LogP contribution in [0.15, 0.2) is 65.7 Å². The standard InChI is InChI=1S/C27H26N2O3S/c1-18-14-19(2)16-22(15-18)32-12-11-29-26(30)24(23-8-5-13-33-23)25(27(29)31)28-10-9-20-6-3-4-7-21(20)17-28/h3-8,13-16H,9-12,17H2,1-2H3. The summed E-state index contributed by atoms with van der Waals surface area (Å²) in [7, 11) is 0. The number of carbonyl (C=O) groups excluding carboxylic acids is 2. The number of benzene rings is 2. The maximum absolute atomic E-state index is 13.5. The smallest absolute Gasteiger partial charge is 0.278 e. The molecule has 5 rings (SSSR count). The van der Waals surface area contributed by atoms with Gasteiger partial charge in [0.25, 0.3) is 11.8 Å². The van der Waals surface area contributed by atoms with E-state index in [1.165, 1.54) is 27.4 Å². The van der Waals surface area contributed by atoms with Crippen molar-refractivity contribution < 1.29 is 14.3 Å². The van der Waals surface area contributed by atoms with Gasteiger partial charge < -0.3 is 9.64 Å². The van der Waals surface area contributed by atoms with Crippen molar-refractivity contribution in [3.63, 3.8) is 0 Å². The second-order valence-electron chi connectivity index (χ2n) is 8.57. The van der Waals surface area contributed by atoms with Crippen molar-refractivity contribution in [1.82, 2.24) is 9.80 Å². The normalized spacial score (nSPS) is 15.9. The monoisotopic (exact) mass is 458 g/mol. The lowest BCUT2D eigenvalue weighted by Gasteiger charge is -2.31. The van der Waals surface area contributed by atoms with E-state index in [0.717, 1.165) is 28.2 Å². The van der Waals surface area contributed by atoms with Gasteiger partial charge >= 0.3 is 0 Å². The molecule has 3 heterocycles. The molecule has 0 bridgehead atoms. The summed E-state index contributed by atoms with van der Waals surface area (Å²) in [5.41, 5.74) is 5.78. The molecular formula is C27H26N2O3S. The Balaban J connectivity index is 1.38. The fraction of sp³-hybridized carbons (Fsp3) is 0.259. The molecular weight excluding hydrogens is 432 g/mol. The first-order valence-corrected chi connectivity index (χ1v) is 12.1. The van der Waals surface area contributed by atoms with Crippen LogP contribution in [-0.4, -0.2) is 41.3 Å². The molecule has 0 spiro atoms. The molecule has 2 aliphatic heterocycles. The number of nitrogens with zero attached hydrogens (tertiary/aromatic N) is 2. The van der Waals surface area contributed by atoms with E-state index in [0.29, 0.717) is 24.4 Å². The summed E-state index contributed by atoms with van der Waals surface area (Å²) in [6.45, 7) is 5.86. The first kappa shape index (κ1) is 21.5. The molecule has 0 radical (unpaired) electrons. The second kappa shape index (κ2) is 8.87. The lowest BCUT2D eigenvalue weighted by Crippen LogP contribution is -2.39. The second-order valence-corrected chi connectivity index (χ2v) is 9.52. The fourth-order valence-corrected chi connectivity index (χ4v) is 5.42. The van der Waals surface area contributed by atoms with Crippen molar-refractivity contribution in [2.45, 2.75) is 26.8 Å². The van der Waals surface area contributed by atoms with E-state index in [1.54, 1.807) is 0 Å². The van der Waals surface area contributed by atoms with Crippen LogP contribution in [0.2, 0.25) is 0 Å². The van der Waals surface area contributed by atoms with Crippen LogP contribution in [0.25, 0.3) is 5.57 Å². The maximum atomic E-state index is 13.5. The van der Waals surface area contributed by atoms with Crippen LogP contribution in [0.3, 0.4) is 0 Å². The molecule has 2 amide bonds. The van der Waals surface area contributed by atoms with Crippen molar-refractivity contribution in [2.75, 3.05) is 19.7 Å². The van der Waals surface area contributed by atoms with Crippen molar-refractivity contribution in [3.8, 4) is 5.75 Å². The predicted molar refractivity (Wildman–Crippen MR) is 130 cm³/mol. The summed E-state index contributed by atoms with van der Waals surface area (Å²) in [5.74, 6) is 0.290. The Morgan fingerprint density at radius 1 is 0.939 bits per heavy atom. The molecule has 1 aromatic heterocycles. The number of carbonyl (C=O) groups is 2. The van der Waals surface area contributed by atoms with E-state index >= 15 is 0 Å². The van der Waals surface area contributed by atoms with Gasteiger partial charge in [-0.1, -0.05) is 36.4 Å². The zero-order valence-corrected chi connectivity index (χ0v) is 19.7. The number of hydrogen-bond acceptors (Lipinski definition) is 5. The predicted octanol–water partition coefficient (Wildman–Crippen LogP) is 4.58. The lowest BCUT2D eigenvalue weighted by atomic mass is 9.99. The highest BCUT2D eigenvalue weighted by atomic mass is 32.1. The quantitative estimate of drug-likeness (QED) is 0.508. The summed E-state index contributed by atoms with van der Waals surface area (Å²) in [6, 6.07) is 18.2. The summed E-state index contributed by atoms with van der Waals surface area (Å²) in [4.78, 5) is 31.2. The molecule has 0 fully saturated rings. The van der Waals surface area contributed by atoms with E-state index in [1.807, 2.05) is 55.6 Å². The lowest BCUT2D eigenvalue weighted by molar-refractivity contribution is -0.138. The number of aryl methyl sites for hydroxylation is 2. The van der Waals surface area contributed by atoms with Gasteiger partial charge in [-0.15, -0.1) is 11.3 Å². The average molecular weight is 459 g/mol. The number of imide groups is 1. The highest BCUT2D eigenvalue weighted by molar-refractivity contribution is 7.11. The van der Waals surface area contributed by atoms with Gasteiger partial charge in [-0.05, 0) is 66.1 Å². The Bertz CT molecular complexity index is 1230. The Morgan fingerprint density at radius 3 is 2.42 bits per heavy atom. The molecule has 3 aromatic rings. The molecule has 0 aliphatic carbocycles. The molecule has 0 saturated carbocycles. The van der Waals surface area contributed by atoms with Crippen LogP contribution >= 0.6 is 11.3 Å². The van der Waals surface area contributed by atoms with Crippen LogP contribution in [0.5, 0.6) is 5.75 Å². The molecule has 0 saturated heterocycles. The summed E-state index contributed by atoms with van der Waals surface area (Å²) in [5, 5.41) is 1.94. The molecule has 0 N–H and O–H groups in total. The van der Waals surface area contributed by atoms with Gasteiger partial charge in [0, 0.05) is 18.0 Å². The number of ether oxygens (including phenoxy) is 1. The van der Waals surface area contributed by atoms with Gasteiger partial charge in [-0.25, -0.2) is 0 Å². The molecule has 0 atom stereocenters. The van der Waals surface area contributed by atoms with Crippen LogP contribution in [0.1, 0.15) is 27.1 Å². The van der Waals surface area contributed by atoms with Crippen molar-refractivity contribution >= 4 is 28.7 Å². The third kappa shape index (κ3) is 4.18. The fourth-order valence-electron chi connectivity index (χ4n) is 4.66. The summed E-state index contributed by atoms with van der Waals surface area (Å²) < 4.78 is 5.90. The van der Waals surface area contributed by atoms with Gasteiger partial charge in [0.1, 0.15) is 18.1 Å². The molecule has 0 unspecified atom stereocenters. The minimum Gasteiger partial charge on any atom is -0.492 e. The van der Waals surface area contributed by atoms with Crippen molar-refractivity contribution in [1.29, 1.82) is 0 Å². The van der Waals surface area contributed by atoms with E-state index in [4.69, 9.17) is 4.74 Å². The maximum Gasteiger partial charge on any atom is 0.278 e. The average Bonchev–Trinajstić information content (AvgIpc) is 3.40. The number of fused-ring (bicyclic) bond motifs is 1. The van der Waals surface area contributed by atoms with Gasteiger partial charge in [0.2, 0.25) is 0 Å². The van der Waals surface area contributed by atoms with Gasteiger partial charge in [0.05, 0.1) is 12.1 Å². The zero-order chi connectivity index (χ0) is 22.9. The SMILES string of the molecule is Cc1cc(C)cc(OCCN2C(=O)C(c3cccs3)=C(N3CCc4ccccc4C3)C2=O)c1. The van der Waals surface area contributed by atoms with Crippen LogP contribution in [0, 0.1) is 13.8 Å². The third-order valence-electron chi connectivity index (χ3n) is 6.14.